The third-order valence-electron chi connectivity index (χ3n) is 6.22. The molecule has 1 N–H and O–H groups in total. The zero-order valence-electron chi connectivity index (χ0n) is 17.3. The van der Waals surface area contributed by atoms with E-state index in [4.69, 9.17) is 34.8 Å². The van der Waals surface area contributed by atoms with Gasteiger partial charge in [0, 0.05) is 22.8 Å². The zero-order chi connectivity index (χ0) is 22.7. The van der Waals surface area contributed by atoms with Crippen molar-refractivity contribution in [1.82, 2.24) is 4.90 Å². The number of halogens is 4. The fraction of sp³-hybridized carbons (Fsp3) is 0.391. The maximum absolute atomic E-state index is 15.3. The lowest BCUT2D eigenvalue weighted by atomic mass is 9.63. The Morgan fingerprint density at radius 1 is 1.26 bits per heavy atom. The standard InChI is InChI=1S/C23H22Cl3FN2O2/c1-22(2,3)10-12-11-29(21(26)31)19(14-5-4-6-16(25)18(14)27)23(12)15-8-7-13(24)9-17(15)28-20(23)30/h4-9,12,19H,10-11H2,1-3H3,(H,28,30)/t12-,19-,23?/m1/s1. The lowest BCUT2D eigenvalue weighted by molar-refractivity contribution is -0.123. The number of nitrogens with zero attached hydrogens (tertiary/aromatic N) is 1. The van der Waals surface area contributed by atoms with Crippen LogP contribution in [0.3, 0.4) is 0 Å². The normalized spacial score (nSPS) is 25.1. The number of carbonyl (C=O) groups excluding carboxylic acids is 2. The van der Waals surface area contributed by atoms with Gasteiger partial charge in [0.15, 0.2) is 0 Å². The first-order chi connectivity index (χ1) is 14.5. The summed E-state index contributed by atoms with van der Waals surface area (Å²) in [5.41, 5.74) is 0.0173. The third-order valence-corrected chi connectivity index (χ3v) is 6.96. The molecule has 2 aliphatic rings. The Morgan fingerprint density at radius 3 is 2.61 bits per heavy atom. The van der Waals surface area contributed by atoms with Crippen molar-refractivity contribution >= 4 is 51.8 Å². The Kier molecular flexibility index (Phi) is 5.52. The number of anilines is 1. The summed E-state index contributed by atoms with van der Waals surface area (Å²) >= 11 is 18.3. The first-order valence-electron chi connectivity index (χ1n) is 9.98. The molecule has 1 spiro atoms. The van der Waals surface area contributed by atoms with Gasteiger partial charge in [-0.05, 0) is 53.1 Å². The van der Waals surface area contributed by atoms with E-state index in [1.165, 1.54) is 11.0 Å². The largest absolute Gasteiger partial charge is 0.325 e. The predicted molar refractivity (Wildman–Crippen MR) is 121 cm³/mol. The maximum atomic E-state index is 15.3. The van der Waals surface area contributed by atoms with Crippen molar-refractivity contribution in [2.24, 2.45) is 11.3 Å². The van der Waals surface area contributed by atoms with Gasteiger partial charge in [0.25, 0.3) is 0 Å². The number of benzene rings is 2. The summed E-state index contributed by atoms with van der Waals surface area (Å²) in [6.45, 7) is 6.41. The highest BCUT2D eigenvalue weighted by Crippen LogP contribution is 2.60. The average Bonchev–Trinajstić information content (AvgIpc) is 3.12. The highest BCUT2D eigenvalue weighted by molar-refractivity contribution is 6.62. The van der Waals surface area contributed by atoms with Gasteiger partial charge in [-0.2, -0.15) is 0 Å². The number of amides is 2. The molecule has 31 heavy (non-hydrogen) atoms. The van der Waals surface area contributed by atoms with Gasteiger partial charge in [-0.25, -0.2) is 4.39 Å². The average molecular weight is 484 g/mol. The van der Waals surface area contributed by atoms with Gasteiger partial charge in [0.05, 0.1) is 11.1 Å². The molecule has 8 heteroatoms. The number of nitrogens with one attached hydrogen (secondary N) is 1. The monoisotopic (exact) mass is 482 g/mol. The predicted octanol–water partition coefficient (Wildman–Crippen LogP) is 6.79. The van der Waals surface area contributed by atoms with Gasteiger partial charge < -0.3 is 10.2 Å². The minimum atomic E-state index is -1.23. The molecule has 1 fully saturated rings. The van der Waals surface area contributed by atoms with E-state index in [9.17, 15) is 9.59 Å². The second-order valence-electron chi connectivity index (χ2n) is 9.43. The molecule has 164 valence electrons. The van der Waals surface area contributed by atoms with Gasteiger partial charge >= 0.3 is 5.37 Å². The minimum absolute atomic E-state index is 0.0800. The molecule has 0 bridgehead atoms. The van der Waals surface area contributed by atoms with Crippen LogP contribution in [0.5, 0.6) is 0 Å². The molecule has 2 aromatic rings. The van der Waals surface area contributed by atoms with Crippen LogP contribution in [0.25, 0.3) is 0 Å². The quantitative estimate of drug-likeness (QED) is 0.377. The van der Waals surface area contributed by atoms with E-state index in [0.29, 0.717) is 22.7 Å². The Labute approximate surface area is 195 Å². The van der Waals surface area contributed by atoms with Gasteiger partial charge in [0.2, 0.25) is 5.91 Å². The van der Waals surface area contributed by atoms with Gasteiger partial charge in [0.1, 0.15) is 11.2 Å². The molecule has 0 saturated carbocycles. The molecular formula is C23H22Cl3FN2O2. The van der Waals surface area contributed by atoms with Crippen molar-refractivity contribution in [3.8, 4) is 0 Å². The smallest absolute Gasteiger partial charge is 0.316 e. The van der Waals surface area contributed by atoms with Crippen molar-refractivity contribution in [3.63, 3.8) is 0 Å². The number of carbonyl (C=O) groups is 2. The fourth-order valence-corrected chi connectivity index (χ4v) is 5.76. The fourth-order valence-electron chi connectivity index (χ4n) is 5.24. The summed E-state index contributed by atoms with van der Waals surface area (Å²) in [4.78, 5) is 27.6. The van der Waals surface area contributed by atoms with E-state index in [1.54, 1.807) is 30.3 Å². The summed E-state index contributed by atoms with van der Waals surface area (Å²) in [5.74, 6) is -1.27. The van der Waals surface area contributed by atoms with E-state index in [-0.39, 0.29) is 34.4 Å². The van der Waals surface area contributed by atoms with E-state index >= 15 is 4.39 Å². The molecule has 3 atom stereocenters. The van der Waals surface area contributed by atoms with Crippen LogP contribution in [0, 0.1) is 17.2 Å². The SMILES string of the molecule is CC(C)(C)C[C@@H]1CN(C(=O)Cl)[C@H](c2cccc(Cl)c2F)C12C(=O)Nc1cc(Cl)ccc12. The number of fused-ring (bicyclic) bond motifs is 2. The van der Waals surface area contributed by atoms with Crippen molar-refractivity contribution < 1.29 is 14.0 Å². The van der Waals surface area contributed by atoms with Crippen LogP contribution in [0.4, 0.5) is 14.9 Å². The molecule has 4 rings (SSSR count). The summed E-state index contributed by atoms with van der Waals surface area (Å²) in [6, 6.07) is 8.80. The first kappa shape index (κ1) is 22.4. The van der Waals surface area contributed by atoms with Crippen LogP contribution in [0.2, 0.25) is 10.0 Å². The number of hydrogen-bond acceptors (Lipinski definition) is 2. The Morgan fingerprint density at radius 2 is 1.97 bits per heavy atom. The first-order valence-corrected chi connectivity index (χ1v) is 11.1. The molecule has 0 aliphatic carbocycles. The number of hydrogen-bond donors (Lipinski definition) is 1. The van der Waals surface area contributed by atoms with Crippen molar-refractivity contribution in [2.45, 2.75) is 38.6 Å². The molecule has 2 aromatic carbocycles. The zero-order valence-corrected chi connectivity index (χ0v) is 19.6. The summed E-state index contributed by atoms with van der Waals surface area (Å²) < 4.78 is 15.3. The van der Waals surface area contributed by atoms with Crippen LogP contribution < -0.4 is 5.32 Å². The molecular weight excluding hydrogens is 462 g/mol. The van der Waals surface area contributed by atoms with Gasteiger partial charge in [-0.1, -0.05) is 62.2 Å². The molecule has 2 aliphatic heterocycles. The topological polar surface area (TPSA) is 49.4 Å². The van der Waals surface area contributed by atoms with Gasteiger partial charge in [-0.15, -0.1) is 0 Å². The Hall–Kier alpha value is -1.82. The van der Waals surface area contributed by atoms with Crippen LogP contribution in [0.1, 0.15) is 44.4 Å². The van der Waals surface area contributed by atoms with Crippen molar-refractivity contribution in [3.05, 3.63) is 63.4 Å². The molecule has 0 aromatic heterocycles. The lowest BCUT2D eigenvalue weighted by Crippen LogP contribution is -2.46. The molecule has 2 amide bonds. The van der Waals surface area contributed by atoms with E-state index in [1.807, 2.05) is 0 Å². The number of rotatable bonds is 2. The molecule has 4 nitrogen and oxygen atoms in total. The molecule has 2 heterocycles. The summed E-state index contributed by atoms with van der Waals surface area (Å²) in [6.07, 6.45) is 0.613. The molecule has 1 saturated heterocycles. The Bertz CT molecular complexity index is 1080. The summed E-state index contributed by atoms with van der Waals surface area (Å²) in [5, 5.41) is 2.57. The van der Waals surface area contributed by atoms with E-state index in [0.717, 1.165) is 0 Å². The Balaban J connectivity index is 2.04. The number of likely N-dealkylation sites (tertiary alicyclic amines) is 1. The van der Waals surface area contributed by atoms with E-state index < -0.39 is 22.6 Å². The van der Waals surface area contributed by atoms with E-state index in [2.05, 4.69) is 26.1 Å². The summed E-state index contributed by atoms with van der Waals surface area (Å²) in [7, 11) is 0. The molecule has 0 radical (unpaired) electrons. The van der Waals surface area contributed by atoms with Crippen molar-refractivity contribution in [2.75, 3.05) is 11.9 Å². The maximum Gasteiger partial charge on any atom is 0.316 e. The lowest BCUT2D eigenvalue weighted by Gasteiger charge is -2.38. The second-order valence-corrected chi connectivity index (χ2v) is 10.6. The minimum Gasteiger partial charge on any atom is -0.325 e. The van der Waals surface area contributed by atoms with Crippen LogP contribution >= 0.6 is 34.8 Å². The highest BCUT2D eigenvalue weighted by atomic mass is 35.5. The second kappa shape index (κ2) is 7.65. The van der Waals surface area contributed by atoms with Crippen LogP contribution in [-0.4, -0.2) is 22.7 Å². The van der Waals surface area contributed by atoms with Crippen molar-refractivity contribution in [1.29, 1.82) is 0 Å². The van der Waals surface area contributed by atoms with Crippen LogP contribution in [0.15, 0.2) is 36.4 Å². The molecule has 1 unspecified atom stereocenters. The third kappa shape index (κ3) is 3.51. The van der Waals surface area contributed by atoms with Crippen LogP contribution in [-0.2, 0) is 10.2 Å². The highest BCUT2D eigenvalue weighted by Gasteiger charge is 2.65. The van der Waals surface area contributed by atoms with Gasteiger partial charge in [-0.3, -0.25) is 9.59 Å².